The van der Waals surface area contributed by atoms with Gasteiger partial charge < -0.3 is 24.3 Å². The minimum absolute atomic E-state index is 0.208. The van der Waals surface area contributed by atoms with Crippen LogP contribution in [-0.2, 0) is 13.0 Å². The minimum atomic E-state index is -0.324. The van der Waals surface area contributed by atoms with Crippen molar-refractivity contribution in [2.45, 2.75) is 25.9 Å². The van der Waals surface area contributed by atoms with Crippen LogP contribution in [0.15, 0.2) is 97.2 Å². The van der Waals surface area contributed by atoms with Gasteiger partial charge >= 0.3 is 6.03 Å². The largest absolute Gasteiger partial charge is 0.486 e. The number of hydrogen-bond donors (Lipinski definition) is 1. The second-order valence-corrected chi connectivity index (χ2v) is 9.88. The van der Waals surface area contributed by atoms with Crippen molar-refractivity contribution in [3.8, 4) is 23.0 Å². The predicted molar refractivity (Wildman–Crippen MR) is 153 cm³/mol. The number of fused-ring (bicyclic) bond motifs is 4. The van der Waals surface area contributed by atoms with E-state index in [-0.39, 0.29) is 12.1 Å². The molecule has 0 radical (unpaired) electrons. The van der Waals surface area contributed by atoms with E-state index in [1.807, 2.05) is 70.2 Å². The number of urea groups is 1. The summed E-state index contributed by atoms with van der Waals surface area (Å²) >= 11 is 0. The highest BCUT2D eigenvalue weighted by molar-refractivity contribution is 5.90. The third kappa shape index (κ3) is 4.09. The normalized spacial score (nSPS) is 15.6. The molecule has 0 fully saturated rings. The molecule has 40 heavy (non-hydrogen) atoms. The minimum Gasteiger partial charge on any atom is -0.486 e. The quantitative estimate of drug-likeness (QED) is 0.303. The van der Waals surface area contributed by atoms with Crippen LogP contribution < -0.4 is 14.8 Å². The van der Waals surface area contributed by atoms with Crippen LogP contribution in [0.3, 0.4) is 0 Å². The van der Waals surface area contributed by atoms with Gasteiger partial charge in [-0.2, -0.15) is 5.10 Å². The van der Waals surface area contributed by atoms with Crippen molar-refractivity contribution in [2.75, 3.05) is 18.5 Å². The summed E-state index contributed by atoms with van der Waals surface area (Å²) in [6, 6.07) is 29.4. The van der Waals surface area contributed by atoms with E-state index >= 15 is 0 Å². The van der Waals surface area contributed by atoms with Crippen molar-refractivity contribution >= 4 is 11.7 Å². The number of hydrogen-bond acceptors (Lipinski definition) is 4. The molecule has 0 aliphatic carbocycles. The summed E-state index contributed by atoms with van der Waals surface area (Å²) in [5, 5.41) is 8.17. The molecule has 5 aromatic rings. The number of anilines is 1. The standard InChI is InChI=1S/C32H29N5O3/c1-2-26-25-21-36(32(38)33-23-15-16-28-29(20-23)40-19-18-39-28)30(22-10-5-3-6-11-22)27-14-9-17-35(27)31(25)37(34-26)24-12-7-4-8-13-24/h3-17,20,30H,2,18-19,21H2,1H3,(H,33,38)/t30-/m1/s1. The number of para-hydroxylation sites is 1. The lowest BCUT2D eigenvalue weighted by Gasteiger charge is -2.31. The lowest BCUT2D eigenvalue weighted by Crippen LogP contribution is -2.38. The Morgan fingerprint density at radius 3 is 2.45 bits per heavy atom. The van der Waals surface area contributed by atoms with Crippen molar-refractivity contribution in [3.05, 3.63) is 120 Å². The van der Waals surface area contributed by atoms with Crippen LogP contribution in [-0.4, -0.2) is 38.5 Å². The van der Waals surface area contributed by atoms with Crippen LogP contribution in [0.4, 0.5) is 10.5 Å². The van der Waals surface area contributed by atoms with Gasteiger partial charge in [-0.1, -0.05) is 55.5 Å². The summed E-state index contributed by atoms with van der Waals surface area (Å²) in [5.74, 6) is 2.27. The number of aromatic nitrogens is 3. The summed E-state index contributed by atoms with van der Waals surface area (Å²) in [4.78, 5) is 16.1. The molecule has 4 heterocycles. The summed E-state index contributed by atoms with van der Waals surface area (Å²) in [5.41, 5.74) is 5.63. The van der Waals surface area contributed by atoms with E-state index in [4.69, 9.17) is 14.6 Å². The molecule has 1 atom stereocenters. The van der Waals surface area contributed by atoms with Crippen molar-refractivity contribution in [1.29, 1.82) is 0 Å². The highest BCUT2D eigenvalue weighted by Crippen LogP contribution is 2.39. The number of ether oxygens (including phenoxy) is 2. The number of nitrogens with one attached hydrogen (secondary N) is 1. The summed E-state index contributed by atoms with van der Waals surface area (Å²) < 4.78 is 15.6. The number of carbonyl (C=O) groups excluding carboxylic acids is 1. The van der Waals surface area contributed by atoms with Gasteiger partial charge in [-0.05, 0) is 48.4 Å². The van der Waals surface area contributed by atoms with Gasteiger partial charge in [0.05, 0.1) is 29.7 Å². The van der Waals surface area contributed by atoms with Gasteiger partial charge in [0.25, 0.3) is 0 Å². The molecule has 7 rings (SSSR count). The Balaban J connectivity index is 1.37. The number of benzene rings is 3. The molecule has 0 saturated heterocycles. The predicted octanol–water partition coefficient (Wildman–Crippen LogP) is 6.13. The van der Waals surface area contributed by atoms with Gasteiger partial charge in [-0.15, -0.1) is 0 Å². The molecule has 8 heteroatoms. The number of rotatable bonds is 4. The first-order valence-electron chi connectivity index (χ1n) is 13.6. The summed E-state index contributed by atoms with van der Waals surface area (Å²) in [6.07, 6.45) is 2.80. The first-order valence-corrected chi connectivity index (χ1v) is 13.6. The lowest BCUT2D eigenvalue weighted by molar-refractivity contribution is 0.171. The maximum atomic E-state index is 14.2. The van der Waals surface area contributed by atoms with Crippen molar-refractivity contribution in [1.82, 2.24) is 19.2 Å². The second kappa shape index (κ2) is 9.96. The number of carbonyl (C=O) groups is 1. The zero-order chi connectivity index (χ0) is 27.1. The highest BCUT2D eigenvalue weighted by atomic mass is 16.6. The van der Waals surface area contributed by atoms with Crippen molar-refractivity contribution < 1.29 is 14.3 Å². The number of nitrogens with zero attached hydrogens (tertiary/aromatic N) is 4. The molecule has 0 spiro atoms. The average Bonchev–Trinajstić information content (AvgIpc) is 3.59. The van der Waals surface area contributed by atoms with Gasteiger partial charge in [0.2, 0.25) is 0 Å². The second-order valence-electron chi connectivity index (χ2n) is 9.88. The van der Waals surface area contributed by atoms with Gasteiger partial charge in [0.1, 0.15) is 19.0 Å². The fraction of sp³-hybridized carbons (Fsp3) is 0.188. The van der Waals surface area contributed by atoms with Crippen LogP contribution in [0.2, 0.25) is 0 Å². The van der Waals surface area contributed by atoms with E-state index in [1.165, 1.54) is 0 Å². The van der Waals surface area contributed by atoms with E-state index in [0.29, 0.717) is 36.9 Å². The van der Waals surface area contributed by atoms with E-state index in [9.17, 15) is 4.79 Å². The molecule has 8 nitrogen and oxygen atoms in total. The number of aryl methyl sites for hydroxylation is 1. The Morgan fingerprint density at radius 2 is 1.68 bits per heavy atom. The van der Waals surface area contributed by atoms with Gasteiger partial charge in [-0.3, -0.25) is 0 Å². The Bertz CT molecular complexity index is 1680. The molecule has 2 aromatic heterocycles. The molecule has 0 saturated carbocycles. The molecular weight excluding hydrogens is 502 g/mol. The third-order valence-corrected chi connectivity index (χ3v) is 7.47. The molecule has 0 bridgehead atoms. The van der Waals surface area contributed by atoms with E-state index in [2.05, 4.69) is 53.3 Å². The fourth-order valence-electron chi connectivity index (χ4n) is 5.65. The van der Waals surface area contributed by atoms with E-state index in [1.54, 1.807) is 0 Å². The maximum absolute atomic E-state index is 14.2. The van der Waals surface area contributed by atoms with E-state index < -0.39 is 0 Å². The average molecular weight is 532 g/mol. The summed E-state index contributed by atoms with van der Waals surface area (Å²) in [7, 11) is 0. The van der Waals surface area contributed by atoms with Gasteiger partial charge in [0, 0.05) is 23.5 Å². The van der Waals surface area contributed by atoms with Gasteiger partial charge in [-0.25, -0.2) is 9.48 Å². The zero-order valence-corrected chi connectivity index (χ0v) is 22.2. The Hall–Kier alpha value is -4.98. The topological polar surface area (TPSA) is 73.6 Å². The van der Waals surface area contributed by atoms with Crippen LogP contribution >= 0.6 is 0 Å². The van der Waals surface area contributed by atoms with Crippen LogP contribution in [0.1, 0.15) is 35.5 Å². The van der Waals surface area contributed by atoms with E-state index in [0.717, 1.165) is 40.4 Å². The summed E-state index contributed by atoms with van der Waals surface area (Å²) in [6.45, 7) is 3.50. The Kier molecular flexibility index (Phi) is 6.00. The highest BCUT2D eigenvalue weighted by Gasteiger charge is 2.36. The smallest absolute Gasteiger partial charge is 0.322 e. The van der Waals surface area contributed by atoms with Gasteiger partial charge in [0.15, 0.2) is 11.5 Å². The first kappa shape index (κ1) is 24.1. The molecule has 2 amide bonds. The van der Waals surface area contributed by atoms with Crippen molar-refractivity contribution in [2.24, 2.45) is 0 Å². The molecular formula is C32H29N5O3. The lowest BCUT2D eigenvalue weighted by atomic mass is 10.0. The van der Waals surface area contributed by atoms with Crippen molar-refractivity contribution in [3.63, 3.8) is 0 Å². The Morgan fingerprint density at radius 1 is 0.925 bits per heavy atom. The SMILES string of the molecule is CCc1nn(-c2ccccc2)c2c1CN(C(=O)Nc1ccc3c(c1)OCCO3)[C@H](c1ccccc1)c1cccn1-2. The zero-order valence-electron chi connectivity index (χ0n) is 22.2. The molecule has 2 aliphatic rings. The van der Waals surface area contributed by atoms with Crippen LogP contribution in [0.5, 0.6) is 11.5 Å². The molecule has 1 N–H and O–H groups in total. The molecule has 3 aromatic carbocycles. The molecule has 0 unspecified atom stereocenters. The number of amides is 2. The molecule has 2 aliphatic heterocycles. The Labute approximate surface area is 232 Å². The fourth-order valence-corrected chi connectivity index (χ4v) is 5.65. The maximum Gasteiger partial charge on any atom is 0.322 e. The first-order chi connectivity index (χ1) is 19.7. The monoisotopic (exact) mass is 531 g/mol. The molecule has 200 valence electrons. The third-order valence-electron chi connectivity index (χ3n) is 7.47. The van der Waals surface area contributed by atoms with Crippen LogP contribution in [0.25, 0.3) is 11.5 Å². The van der Waals surface area contributed by atoms with Crippen LogP contribution in [0, 0.1) is 0 Å².